The summed E-state index contributed by atoms with van der Waals surface area (Å²) in [7, 11) is 0. The molecule has 3 N–H and O–H groups in total. The summed E-state index contributed by atoms with van der Waals surface area (Å²) in [6, 6.07) is 0. The number of carbonyl (C=O) groups is 1. The summed E-state index contributed by atoms with van der Waals surface area (Å²) in [5, 5.41) is 0. The maximum atomic E-state index is 11.7. The Labute approximate surface area is 188 Å². The number of carbonyl (C=O) groups excluding carboxylic acids is 1. The van der Waals surface area contributed by atoms with Gasteiger partial charge in [0.1, 0.15) is 12.7 Å². The molecule has 0 amide bonds. The largest absolute Gasteiger partial charge is 0.463 e. The van der Waals surface area contributed by atoms with Gasteiger partial charge in [0.05, 0.1) is 6.61 Å². The summed E-state index contributed by atoms with van der Waals surface area (Å²) < 4.78 is 15.9. The van der Waals surface area contributed by atoms with Crippen molar-refractivity contribution in [3.8, 4) is 0 Å². The fourth-order valence-corrected chi connectivity index (χ4v) is 5.16. The summed E-state index contributed by atoms with van der Waals surface area (Å²) in [5.74, 6) is -0.166. The maximum absolute atomic E-state index is 11.7. The van der Waals surface area contributed by atoms with E-state index in [2.05, 4.69) is 31.3 Å². The van der Waals surface area contributed by atoms with Crippen molar-refractivity contribution in [1.29, 1.82) is 0 Å². The molecular formula is C21H42NO4PS2. The Kier molecular flexibility index (Phi) is 18.9. The van der Waals surface area contributed by atoms with Gasteiger partial charge in [-0.25, -0.2) is 0 Å². The zero-order valence-electron chi connectivity index (χ0n) is 18.2. The smallest absolute Gasteiger partial charge is 0.305 e. The van der Waals surface area contributed by atoms with E-state index in [0.29, 0.717) is 13.0 Å². The molecule has 0 saturated carbocycles. The summed E-state index contributed by atoms with van der Waals surface area (Å²) in [6.07, 6.45) is 21.1. The molecule has 8 heteroatoms. The van der Waals surface area contributed by atoms with Crippen LogP contribution in [-0.4, -0.2) is 25.3 Å². The first kappa shape index (κ1) is 29.1. The van der Waals surface area contributed by atoms with E-state index in [9.17, 15) is 4.79 Å². The predicted octanol–water partition coefficient (Wildman–Crippen LogP) is 7.30. The Morgan fingerprint density at radius 3 is 2.14 bits per heavy atom. The molecule has 0 bridgehead atoms. The van der Waals surface area contributed by atoms with Gasteiger partial charge in [0.2, 0.25) is 5.69 Å². The van der Waals surface area contributed by atoms with Crippen molar-refractivity contribution >= 4 is 35.7 Å². The van der Waals surface area contributed by atoms with Crippen LogP contribution in [0.5, 0.6) is 0 Å². The van der Waals surface area contributed by atoms with Crippen LogP contribution in [0.15, 0.2) is 12.2 Å². The van der Waals surface area contributed by atoms with Gasteiger partial charge in [-0.3, -0.25) is 4.79 Å². The van der Waals surface area contributed by atoms with Gasteiger partial charge in [-0.15, -0.1) is 0 Å². The molecule has 1 rings (SSSR count). The molecule has 2 unspecified atom stereocenters. The van der Waals surface area contributed by atoms with E-state index in [0.717, 1.165) is 12.8 Å². The van der Waals surface area contributed by atoms with Crippen LogP contribution in [0.25, 0.3) is 0 Å². The van der Waals surface area contributed by atoms with E-state index in [1.54, 1.807) is 0 Å². The highest BCUT2D eigenvalue weighted by Crippen LogP contribution is 2.58. The van der Waals surface area contributed by atoms with Crippen molar-refractivity contribution in [2.24, 2.45) is 0 Å². The third-order valence-corrected chi connectivity index (χ3v) is 7.02. The first-order valence-electron chi connectivity index (χ1n) is 11.0. The van der Waals surface area contributed by atoms with Crippen LogP contribution >= 0.6 is 17.9 Å². The summed E-state index contributed by atoms with van der Waals surface area (Å²) in [6.45, 7) is 2.83. The third-order valence-electron chi connectivity index (χ3n) is 4.78. The van der Waals surface area contributed by atoms with Crippen molar-refractivity contribution in [3.63, 3.8) is 0 Å². The minimum atomic E-state index is -2.38. The molecular weight excluding hydrogens is 425 g/mol. The van der Waals surface area contributed by atoms with Gasteiger partial charge in [-0.1, -0.05) is 82.7 Å². The molecule has 0 aromatic heterocycles. The summed E-state index contributed by atoms with van der Waals surface area (Å²) in [4.78, 5) is 11.7. The maximum Gasteiger partial charge on any atom is 0.305 e. The Balaban J connectivity index is 0.00000784. The topological polar surface area (TPSA) is 79.8 Å². The van der Waals surface area contributed by atoms with Gasteiger partial charge in [0.15, 0.2) is 0 Å². The summed E-state index contributed by atoms with van der Waals surface area (Å²) in [5.41, 5.74) is -2.38. The Hall–Kier alpha value is 0.0900. The highest BCUT2D eigenvalue weighted by atomic mass is 32.9. The van der Waals surface area contributed by atoms with Crippen LogP contribution in [0.2, 0.25) is 0 Å². The van der Waals surface area contributed by atoms with Gasteiger partial charge >= 0.3 is 5.97 Å². The van der Waals surface area contributed by atoms with Gasteiger partial charge < -0.3 is 19.9 Å². The lowest BCUT2D eigenvalue weighted by molar-refractivity contribution is -0.145. The normalized spacial score (nSPS) is 21.4. The average Bonchev–Trinajstić information content (AvgIpc) is 3.02. The number of hydrogen-bond acceptors (Lipinski definition) is 6. The molecule has 0 aromatic rings. The molecule has 172 valence electrons. The van der Waals surface area contributed by atoms with Gasteiger partial charge in [0.25, 0.3) is 0 Å². The number of allylic oxidation sites excluding steroid dienone is 2. The minimum absolute atomic E-state index is 0. The van der Waals surface area contributed by atoms with Crippen molar-refractivity contribution in [2.75, 3.05) is 13.2 Å². The van der Waals surface area contributed by atoms with Crippen LogP contribution < -0.4 is 6.15 Å². The molecule has 0 aliphatic carbocycles. The number of ether oxygens (including phenoxy) is 1. The van der Waals surface area contributed by atoms with E-state index >= 15 is 0 Å². The van der Waals surface area contributed by atoms with E-state index in [-0.39, 0.29) is 24.8 Å². The lowest BCUT2D eigenvalue weighted by atomic mass is 10.1. The van der Waals surface area contributed by atoms with Crippen molar-refractivity contribution in [1.82, 2.24) is 6.15 Å². The lowest BCUT2D eigenvalue weighted by Gasteiger charge is -2.10. The minimum Gasteiger partial charge on any atom is -0.463 e. The van der Waals surface area contributed by atoms with Crippen LogP contribution in [0.1, 0.15) is 96.8 Å². The molecule has 1 aliphatic rings. The fourth-order valence-electron chi connectivity index (χ4n) is 3.10. The molecule has 2 atom stereocenters. The highest BCUT2D eigenvalue weighted by molar-refractivity contribution is 8.60. The fraction of sp³-hybridized carbons (Fsp3) is 0.857. The van der Waals surface area contributed by atoms with Crippen LogP contribution in [0, 0.1) is 0 Å². The quantitative estimate of drug-likeness (QED) is 0.0768. The van der Waals surface area contributed by atoms with Crippen LogP contribution in [-0.2, 0) is 30.4 Å². The molecule has 1 aliphatic heterocycles. The lowest BCUT2D eigenvalue weighted by Crippen LogP contribution is -2.20. The third kappa shape index (κ3) is 17.5. The molecule has 1 saturated heterocycles. The summed E-state index contributed by atoms with van der Waals surface area (Å²) >= 11 is 9.15. The first-order chi connectivity index (χ1) is 13.5. The zero-order valence-corrected chi connectivity index (χ0v) is 20.8. The molecule has 5 nitrogen and oxygen atoms in total. The van der Waals surface area contributed by atoms with E-state index < -0.39 is 5.69 Å². The Morgan fingerprint density at radius 1 is 1.03 bits per heavy atom. The molecule has 1 heterocycles. The number of esters is 1. The van der Waals surface area contributed by atoms with Crippen molar-refractivity contribution in [2.45, 2.75) is 103 Å². The highest BCUT2D eigenvalue weighted by Gasteiger charge is 2.30. The van der Waals surface area contributed by atoms with E-state index in [4.69, 9.17) is 25.6 Å². The number of rotatable bonds is 17. The van der Waals surface area contributed by atoms with Gasteiger partial charge in [0, 0.05) is 6.42 Å². The number of unbranched alkanes of at least 4 members (excludes halogenated alkanes) is 11. The second kappa shape index (κ2) is 18.8. The number of thiol groups is 1. The van der Waals surface area contributed by atoms with E-state index in [1.165, 1.54) is 70.6 Å². The first-order valence-corrected chi connectivity index (χ1v) is 14.8. The second-order valence-electron chi connectivity index (χ2n) is 7.51. The predicted molar refractivity (Wildman–Crippen MR) is 130 cm³/mol. The molecule has 1 fully saturated rings. The van der Waals surface area contributed by atoms with Crippen molar-refractivity contribution < 1.29 is 18.6 Å². The Morgan fingerprint density at radius 2 is 1.59 bits per heavy atom. The SMILES string of the molecule is CCCCCCCC/C=C\CCCCCCCC(=O)OCC1COP(=S)(S)O1.N. The van der Waals surface area contributed by atoms with Crippen LogP contribution in [0.3, 0.4) is 0 Å². The molecule has 0 spiro atoms. The zero-order chi connectivity index (χ0) is 20.5. The number of hydrogen-bond donors (Lipinski definition) is 2. The standard InChI is InChI=1S/C21H39O4PS2.H3N/c1-2-3-4-5-6-7-8-9-10-11-12-13-14-15-16-17-21(22)23-18-20-19-24-26(27,28)25-20;/h9-10,20H,2-8,11-19H2,1H3,(H,27,28);1H3/b10-9-;. The van der Waals surface area contributed by atoms with E-state index in [1.807, 2.05) is 0 Å². The molecule has 29 heavy (non-hydrogen) atoms. The molecule has 0 radical (unpaired) electrons. The Bertz CT molecular complexity index is 491. The second-order valence-corrected chi connectivity index (χ2v) is 12.7. The van der Waals surface area contributed by atoms with Gasteiger partial charge in [-0.05, 0) is 43.9 Å². The van der Waals surface area contributed by atoms with Crippen molar-refractivity contribution in [3.05, 3.63) is 12.2 Å². The monoisotopic (exact) mass is 467 g/mol. The average molecular weight is 468 g/mol. The molecule has 0 aromatic carbocycles. The van der Waals surface area contributed by atoms with Gasteiger partial charge in [-0.2, -0.15) is 0 Å². The van der Waals surface area contributed by atoms with Crippen LogP contribution in [0.4, 0.5) is 0 Å².